The number of hydrogen-bond donors (Lipinski definition) is 1. The summed E-state index contributed by atoms with van der Waals surface area (Å²) in [5, 5.41) is 3.29. The standard InChI is InChI=1S/C13H17F2N/c1-13(2)7-3-4-12(13)16-9-5-6-10(14)11(15)8-9/h5-6,8,12,16H,3-4,7H2,1-2H3. The second-order valence-electron chi connectivity index (χ2n) is 5.21. The van der Waals surface area contributed by atoms with Crippen LogP contribution in [-0.4, -0.2) is 6.04 Å². The monoisotopic (exact) mass is 225 g/mol. The summed E-state index contributed by atoms with van der Waals surface area (Å²) in [7, 11) is 0. The van der Waals surface area contributed by atoms with Crippen LogP contribution in [-0.2, 0) is 0 Å². The first-order chi connectivity index (χ1) is 7.49. The van der Waals surface area contributed by atoms with E-state index < -0.39 is 11.6 Å². The minimum absolute atomic E-state index is 0.227. The zero-order valence-electron chi connectivity index (χ0n) is 9.69. The topological polar surface area (TPSA) is 12.0 Å². The molecule has 0 aliphatic heterocycles. The molecule has 1 nitrogen and oxygen atoms in total. The Labute approximate surface area is 94.9 Å². The van der Waals surface area contributed by atoms with E-state index in [1.54, 1.807) is 6.07 Å². The van der Waals surface area contributed by atoms with E-state index in [9.17, 15) is 8.78 Å². The lowest BCUT2D eigenvalue weighted by Crippen LogP contribution is -2.30. The number of halogens is 2. The minimum atomic E-state index is -0.795. The van der Waals surface area contributed by atoms with Gasteiger partial charge in [-0.3, -0.25) is 0 Å². The Morgan fingerprint density at radius 3 is 2.56 bits per heavy atom. The van der Waals surface area contributed by atoms with Crippen molar-refractivity contribution in [2.45, 2.75) is 39.2 Å². The van der Waals surface area contributed by atoms with Gasteiger partial charge < -0.3 is 5.32 Å². The third-order valence-electron chi connectivity index (χ3n) is 3.52. The summed E-state index contributed by atoms with van der Waals surface area (Å²) in [6, 6.07) is 4.33. The van der Waals surface area contributed by atoms with Gasteiger partial charge in [0.2, 0.25) is 0 Å². The Bertz CT molecular complexity index is 388. The molecule has 0 bridgehead atoms. The molecule has 1 atom stereocenters. The zero-order chi connectivity index (χ0) is 11.8. The molecule has 16 heavy (non-hydrogen) atoms. The first-order valence-electron chi connectivity index (χ1n) is 5.71. The number of nitrogens with one attached hydrogen (secondary N) is 1. The van der Waals surface area contributed by atoms with Gasteiger partial charge in [-0.05, 0) is 30.4 Å². The van der Waals surface area contributed by atoms with Gasteiger partial charge in [0.1, 0.15) is 0 Å². The van der Waals surface area contributed by atoms with Crippen molar-refractivity contribution < 1.29 is 8.78 Å². The summed E-state index contributed by atoms with van der Waals surface area (Å²) in [6.07, 6.45) is 3.45. The van der Waals surface area contributed by atoms with Crippen molar-refractivity contribution in [3.63, 3.8) is 0 Å². The fourth-order valence-electron chi connectivity index (χ4n) is 2.38. The van der Waals surface area contributed by atoms with Gasteiger partial charge in [0.05, 0.1) is 0 Å². The normalized spacial score (nSPS) is 23.4. The third kappa shape index (κ3) is 2.18. The van der Waals surface area contributed by atoms with Crippen LogP contribution < -0.4 is 5.32 Å². The quantitative estimate of drug-likeness (QED) is 0.803. The SMILES string of the molecule is CC1(C)CCCC1Nc1ccc(F)c(F)c1. The molecule has 1 aromatic carbocycles. The lowest BCUT2D eigenvalue weighted by atomic mass is 9.87. The van der Waals surface area contributed by atoms with Gasteiger partial charge in [-0.25, -0.2) is 8.78 Å². The molecule has 2 rings (SSSR count). The van der Waals surface area contributed by atoms with Crippen molar-refractivity contribution >= 4 is 5.69 Å². The lowest BCUT2D eigenvalue weighted by Gasteiger charge is -2.28. The van der Waals surface area contributed by atoms with Crippen LogP contribution in [0.5, 0.6) is 0 Å². The third-order valence-corrected chi connectivity index (χ3v) is 3.52. The zero-order valence-corrected chi connectivity index (χ0v) is 9.69. The molecule has 1 saturated carbocycles. The van der Waals surface area contributed by atoms with Crippen LogP contribution in [0.1, 0.15) is 33.1 Å². The van der Waals surface area contributed by atoms with Crippen LogP contribution in [0, 0.1) is 17.0 Å². The molecular weight excluding hydrogens is 208 g/mol. The maximum atomic E-state index is 13.0. The summed E-state index contributed by atoms with van der Waals surface area (Å²) in [5.74, 6) is -1.59. The Kier molecular flexibility index (Phi) is 2.87. The molecule has 0 heterocycles. The van der Waals surface area contributed by atoms with Gasteiger partial charge in [-0.2, -0.15) is 0 Å². The average Bonchev–Trinajstić information content (AvgIpc) is 2.52. The molecule has 1 N–H and O–H groups in total. The highest BCUT2D eigenvalue weighted by Crippen LogP contribution is 2.39. The van der Waals surface area contributed by atoms with Crippen molar-refractivity contribution in [3.8, 4) is 0 Å². The van der Waals surface area contributed by atoms with Crippen LogP contribution in [0.2, 0.25) is 0 Å². The van der Waals surface area contributed by atoms with E-state index in [2.05, 4.69) is 19.2 Å². The highest BCUT2D eigenvalue weighted by Gasteiger charge is 2.34. The Morgan fingerprint density at radius 2 is 2.00 bits per heavy atom. The molecule has 3 heteroatoms. The summed E-state index contributed by atoms with van der Waals surface area (Å²) >= 11 is 0. The van der Waals surface area contributed by atoms with E-state index in [0.29, 0.717) is 11.7 Å². The van der Waals surface area contributed by atoms with Crippen molar-refractivity contribution in [3.05, 3.63) is 29.8 Å². The van der Waals surface area contributed by atoms with Gasteiger partial charge in [-0.1, -0.05) is 20.3 Å². The number of benzene rings is 1. The number of anilines is 1. The predicted octanol–water partition coefficient (Wildman–Crippen LogP) is 3.96. The van der Waals surface area contributed by atoms with E-state index >= 15 is 0 Å². The molecule has 0 aromatic heterocycles. The lowest BCUT2D eigenvalue weighted by molar-refractivity contribution is 0.350. The van der Waals surface area contributed by atoms with Crippen molar-refractivity contribution in [2.24, 2.45) is 5.41 Å². The molecule has 0 radical (unpaired) electrons. The largest absolute Gasteiger partial charge is 0.382 e. The summed E-state index contributed by atoms with van der Waals surface area (Å²) in [6.45, 7) is 4.41. The molecule has 88 valence electrons. The van der Waals surface area contributed by atoms with Crippen molar-refractivity contribution in [1.82, 2.24) is 0 Å². The molecule has 1 fully saturated rings. The second-order valence-corrected chi connectivity index (χ2v) is 5.21. The van der Waals surface area contributed by atoms with Crippen LogP contribution in [0.3, 0.4) is 0 Å². The van der Waals surface area contributed by atoms with Crippen LogP contribution >= 0.6 is 0 Å². The molecule has 0 spiro atoms. The molecular formula is C13H17F2N. The van der Waals surface area contributed by atoms with Gasteiger partial charge in [0.15, 0.2) is 11.6 Å². The van der Waals surface area contributed by atoms with Gasteiger partial charge >= 0.3 is 0 Å². The Balaban J connectivity index is 2.12. The van der Waals surface area contributed by atoms with E-state index in [0.717, 1.165) is 6.42 Å². The van der Waals surface area contributed by atoms with E-state index in [1.807, 2.05) is 0 Å². The molecule has 0 amide bonds. The number of rotatable bonds is 2. The minimum Gasteiger partial charge on any atom is -0.382 e. The maximum Gasteiger partial charge on any atom is 0.160 e. The summed E-state index contributed by atoms with van der Waals surface area (Å²) in [5.41, 5.74) is 0.893. The molecule has 1 aliphatic rings. The highest BCUT2D eigenvalue weighted by molar-refractivity contribution is 5.45. The smallest absolute Gasteiger partial charge is 0.160 e. The maximum absolute atomic E-state index is 13.0. The molecule has 1 aromatic rings. The van der Waals surface area contributed by atoms with Gasteiger partial charge in [0, 0.05) is 17.8 Å². The average molecular weight is 225 g/mol. The molecule has 0 saturated heterocycles. The summed E-state index contributed by atoms with van der Waals surface area (Å²) < 4.78 is 25.8. The predicted molar refractivity (Wildman–Crippen MR) is 61.4 cm³/mol. The Hall–Kier alpha value is -1.12. The first-order valence-corrected chi connectivity index (χ1v) is 5.71. The first kappa shape index (κ1) is 11.4. The number of hydrogen-bond acceptors (Lipinski definition) is 1. The van der Waals surface area contributed by atoms with Crippen LogP contribution in [0.25, 0.3) is 0 Å². The van der Waals surface area contributed by atoms with E-state index in [-0.39, 0.29) is 5.41 Å². The van der Waals surface area contributed by atoms with Crippen LogP contribution in [0.4, 0.5) is 14.5 Å². The second kappa shape index (κ2) is 4.04. The van der Waals surface area contributed by atoms with Crippen molar-refractivity contribution in [1.29, 1.82) is 0 Å². The molecule has 1 unspecified atom stereocenters. The van der Waals surface area contributed by atoms with Crippen LogP contribution in [0.15, 0.2) is 18.2 Å². The van der Waals surface area contributed by atoms with E-state index in [4.69, 9.17) is 0 Å². The van der Waals surface area contributed by atoms with Crippen molar-refractivity contribution in [2.75, 3.05) is 5.32 Å². The van der Waals surface area contributed by atoms with Gasteiger partial charge in [0.25, 0.3) is 0 Å². The highest BCUT2D eigenvalue weighted by atomic mass is 19.2. The van der Waals surface area contributed by atoms with E-state index in [1.165, 1.54) is 25.0 Å². The van der Waals surface area contributed by atoms with Gasteiger partial charge in [-0.15, -0.1) is 0 Å². The fourth-order valence-corrected chi connectivity index (χ4v) is 2.38. The summed E-state index contributed by atoms with van der Waals surface area (Å²) in [4.78, 5) is 0. The molecule has 1 aliphatic carbocycles. The fraction of sp³-hybridized carbons (Fsp3) is 0.538. The Morgan fingerprint density at radius 1 is 1.25 bits per heavy atom.